The number of nitrogens with one attached hydrogen (secondary N) is 3. The van der Waals surface area contributed by atoms with Crippen LogP contribution < -0.4 is 16.0 Å². The predicted octanol–water partition coefficient (Wildman–Crippen LogP) is 1.31. The number of likely N-dealkylation sites (tertiary alicyclic amines) is 1. The molecule has 1 atom stereocenters. The van der Waals surface area contributed by atoms with Gasteiger partial charge in [0.15, 0.2) is 0 Å². The van der Waals surface area contributed by atoms with E-state index in [9.17, 15) is 29.3 Å². The highest BCUT2D eigenvalue weighted by molar-refractivity contribution is 6.11. The summed E-state index contributed by atoms with van der Waals surface area (Å²) in [5.74, 6) is -2.00. The van der Waals surface area contributed by atoms with Crippen LogP contribution in [0.25, 0.3) is 0 Å². The van der Waals surface area contributed by atoms with Crippen molar-refractivity contribution in [2.75, 3.05) is 25.5 Å². The molecule has 0 aliphatic carbocycles. The molecule has 0 radical (unpaired) electrons. The number of rotatable bonds is 7. The van der Waals surface area contributed by atoms with Crippen molar-refractivity contribution in [2.24, 2.45) is 0 Å². The standard InChI is InChI=1S/C22H23N5O6/c1-23-19(28)13-24-21(30)18-11-6-12-26(18)22(31)14-7-2-4-9-16(14)25-20(29)15-8-3-5-10-17(15)27(32)33/h2-5,7-10,18H,6,11-13H2,1H3,(H,23,28)(H,24,30)(H,25,29)/t18-/m0/s1. The molecule has 1 saturated heterocycles. The lowest BCUT2D eigenvalue weighted by atomic mass is 10.1. The van der Waals surface area contributed by atoms with Crippen molar-refractivity contribution in [2.45, 2.75) is 18.9 Å². The molecule has 11 nitrogen and oxygen atoms in total. The van der Waals surface area contributed by atoms with Crippen molar-refractivity contribution >= 4 is 35.0 Å². The quantitative estimate of drug-likeness (QED) is 0.425. The number of nitro groups is 1. The number of nitrogens with zero attached hydrogens (tertiary/aromatic N) is 2. The third-order valence-electron chi connectivity index (χ3n) is 5.27. The minimum atomic E-state index is -0.749. The van der Waals surface area contributed by atoms with E-state index in [-0.39, 0.29) is 35.0 Å². The van der Waals surface area contributed by atoms with Gasteiger partial charge in [0.2, 0.25) is 11.8 Å². The monoisotopic (exact) mass is 453 g/mol. The normalized spacial score (nSPS) is 14.9. The summed E-state index contributed by atoms with van der Waals surface area (Å²) in [6, 6.07) is 11.0. The molecule has 0 unspecified atom stereocenters. The van der Waals surface area contributed by atoms with Gasteiger partial charge in [-0.25, -0.2) is 0 Å². The van der Waals surface area contributed by atoms with Crippen LogP contribution >= 0.6 is 0 Å². The molecule has 11 heteroatoms. The molecule has 1 heterocycles. The molecule has 1 aliphatic rings. The van der Waals surface area contributed by atoms with E-state index in [2.05, 4.69) is 16.0 Å². The highest BCUT2D eigenvalue weighted by atomic mass is 16.6. The minimum absolute atomic E-state index is 0.141. The Labute approximate surface area is 189 Å². The molecule has 2 aromatic carbocycles. The van der Waals surface area contributed by atoms with Gasteiger partial charge in [-0.05, 0) is 31.0 Å². The van der Waals surface area contributed by atoms with Crippen molar-refractivity contribution < 1.29 is 24.1 Å². The highest BCUT2D eigenvalue weighted by Crippen LogP contribution is 2.25. The number of nitro benzene ring substituents is 1. The summed E-state index contributed by atoms with van der Waals surface area (Å²) >= 11 is 0. The zero-order valence-electron chi connectivity index (χ0n) is 17.9. The second-order valence-electron chi connectivity index (χ2n) is 7.32. The molecule has 2 aromatic rings. The average molecular weight is 453 g/mol. The van der Waals surface area contributed by atoms with E-state index in [1.807, 2.05) is 0 Å². The van der Waals surface area contributed by atoms with Crippen LogP contribution in [0, 0.1) is 10.1 Å². The molecule has 4 amide bonds. The van der Waals surface area contributed by atoms with Gasteiger partial charge in [0.05, 0.1) is 22.7 Å². The highest BCUT2D eigenvalue weighted by Gasteiger charge is 2.35. The van der Waals surface area contributed by atoms with Gasteiger partial charge in [0.25, 0.3) is 17.5 Å². The second kappa shape index (κ2) is 10.4. The first-order valence-corrected chi connectivity index (χ1v) is 10.3. The van der Waals surface area contributed by atoms with Gasteiger partial charge in [-0.3, -0.25) is 29.3 Å². The molecular weight excluding hydrogens is 430 g/mol. The zero-order valence-corrected chi connectivity index (χ0v) is 17.9. The molecule has 172 valence electrons. The number of hydrogen-bond acceptors (Lipinski definition) is 6. The fraction of sp³-hybridized carbons (Fsp3) is 0.273. The van der Waals surface area contributed by atoms with Crippen molar-refractivity contribution in [3.05, 3.63) is 69.8 Å². The van der Waals surface area contributed by atoms with Gasteiger partial charge >= 0.3 is 0 Å². The van der Waals surface area contributed by atoms with Gasteiger partial charge in [-0.1, -0.05) is 24.3 Å². The fourth-order valence-electron chi connectivity index (χ4n) is 3.60. The molecule has 3 rings (SSSR count). The summed E-state index contributed by atoms with van der Waals surface area (Å²) in [6.45, 7) is 0.139. The summed E-state index contributed by atoms with van der Waals surface area (Å²) in [4.78, 5) is 62.0. The molecule has 0 bridgehead atoms. The summed E-state index contributed by atoms with van der Waals surface area (Å²) in [5.41, 5.74) is -0.180. The number of carbonyl (C=O) groups is 4. The number of para-hydroxylation sites is 2. The number of anilines is 1. The molecule has 33 heavy (non-hydrogen) atoms. The van der Waals surface area contributed by atoms with Crippen molar-refractivity contribution in [3.8, 4) is 0 Å². The van der Waals surface area contributed by atoms with Gasteiger partial charge in [-0.15, -0.1) is 0 Å². The number of amides is 4. The topological polar surface area (TPSA) is 151 Å². The lowest BCUT2D eigenvalue weighted by Gasteiger charge is -2.25. The van der Waals surface area contributed by atoms with Crippen molar-refractivity contribution in [1.82, 2.24) is 15.5 Å². The summed E-state index contributed by atoms with van der Waals surface area (Å²) in [5, 5.41) is 18.7. The molecular formula is C22H23N5O6. The predicted molar refractivity (Wildman–Crippen MR) is 119 cm³/mol. The van der Waals surface area contributed by atoms with Gasteiger partial charge in [0, 0.05) is 19.7 Å². The van der Waals surface area contributed by atoms with E-state index < -0.39 is 28.7 Å². The lowest BCUT2D eigenvalue weighted by Crippen LogP contribution is -2.48. The van der Waals surface area contributed by atoms with E-state index in [0.29, 0.717) is 19.4 Å². The Morgan fingerprint density at radius 2 is 1.73 bits per heavy atom. The van der Waals surface area contributed by atoms with Crippen LogP contribution in [-0.2, 0) is 9.59 Å². The van der Waals surface area contributed by atoms with Crippen LogP contribution in [0.5, 0.6) is 0 Å². The summed E-state index contributed by atoms with van der Waals surface area (Å²) < 4.78 is 0. The Kier molecular flexibility index (Phi) is 7.34. The third-order valence-corrected chi connectivity index (χ3v) is 5.27. The van der Waals surface area contributed by atoms with E-state index in [1.54, 1.807) is 12.1 Å². The Morgan fingerprint density at radius 1 is 1.06 bits per heavy atom. The minimum Gasteiger partial charge on any atom is -0.358 e. The van der Waals surface area contributed by atoms with E-state index >= 15 is 0 Å². The largest absolute Gasteiger partial charge is 0.358 e. The summed E-state index contributed by atoms with van der Waals surface area (Å²) in [6.07, 6.45) is 1.05. The Hall–Kier alpha value is -4.28. The molecule has 0 saturated carbocycles. The van der Waals surface area contributed by atoms with Crippen LogP contribution in [0.4, 0.5) is 11.4 Å². The molecule has 3 N–H and O–H groups in total. The zero-order chi connectivity index (χ0) is 24.0. The molecule has 0 spiro atoms. The number of likely N-dealkylation sites (N-methyl/N-ethyl adjacent to an activating group) is 1. The molecule has 0 aromatic heterocycles. The van der Waals surface area contributed by atoms with Crippen LogP contribution in [-0.4, -0.2) is 59.6 Å². The maximum absolute atomic E-state index is 13.3. The maximum atomic E-state index is 13.3. The Bertz CT molecular complexity index is 1100. The number of benzene rings is 2. The molecule has 1 fully saturated rings. The van der Waals surface area contributed by atoms with E-state index in [0.717, 1.165) is 0 Å². The number of hydrogen-bond donors (Lipinski definition) is 3. The van der Waals surface area contributed by atoms with Crippen LogP contribution in [0.1, 0.15) is 33.6 Å². The average Bonchev–Trinajstić information content (AvgIpc) is 3.32. The van der Waals surface area contributed by atoms with Gasteiger partial charge in [0.1, 0.15) is 11.6 Å². The summed E-state index contributed by atoms with van der Waals surface area (Å²) in [7, 11) is 1.45. The SMILES string of the molecule is CNC(=O)CNC(=O)[C@@H]1CCCN1C(=O)c1ccccc1NC(=O)c1ccccc1[N+](=O)[O-]. The smallest absolute Gasteiger partial charge is 0.282 e. The second-order valence-corrected chi connectivity index (χ2v) is 7.32. The Morgan fingerprint density at radius 3 is 2.42 bits per heavy atom. The van der Waals surface area contributed by atoms with Gasteiger partial charge < -0.3 is 20.9 Å². The third kappa shape index (κ3) is 5.32. The Balaban J connectivity index is 1.80. The first-order chi connectivity index (χ1) is 15.8. The van der Waals surface area contributed by atoms with Crippen molar-refractivity contribution in [3.63, 3.8) is 0 Å². The van der Waals surface area contributed by atoms with E-state index in [4.69, 9.17) is 0 Å². The van der Waals surface area contributed by atoms with Crippen LogP contribution in [0.2, 0.25) is 0 Å². The van der Waals surface area contributed by atoms with Crippen molar-refractivity contribution in [1.29, 1.82) is 0 Å². The van der Waals surface area contributed by atoms with E-state index in [1.165, 1.54) is 48.3 Å². The fourth-order valence-corrected chi connectivity index (χ4v) is 3.60. The van der Waals surface area contributed by atoms with Gasteiger partial charge in [-0.2, -0.15) is 0 Å². The maximum Gasteiger partial charge on any atom is 0.282 e. The lowest BCUT2D eigenvalue weighted by molar-refractivity contribution is -0.385. The van der Waals surface area contributed by atoms with Crippen LogP contribution in [0.15, 0.2) is 48.5 Å². The first-order valence-electron chi connectivity index (χ1n) is 10.3. The molecule has 1 aliphatic heterocycles. The van der Waals surface area contributed by atoms with Crippen LogP contribution in [0.3, 0.4) is 0 Å². The number of carbonyl (C=O) groups excluding carboxylic acids is 4. The first kappa shape index (κ1) is 23.4.